The number of carbonyl (C=O) groups excluding carboxylic acids is 2. The number of esters is 1. The highest BCUT2D eigenvalue weighted by Crippen LogP contribution is 2.31. The Morgan fingerprint density at radius 3 is 2.82 bits per heavy atom. The minimum atomic E-state index is -0.387. The van der Waals surface area contributed by atoms with Gasteiger partial charge in [-0.15, -0.1) is 0 Å². The first-order chi connectivity index (χ1) is 8.04. The molecule has 1 aromatic rings. The second-order valence-electron chi connectivity index (χ2n) is 3.99. The summed E-state index contributed by atoms with van der Waals surface area (Å²) in [4.78, 5) is 24.7. The topological polar surface area (TPSA) is 58.6 Å². The van der Waals surface area contributed by atoms with Crippen LogP contribution in [0.15, 0.2) is 18.2 Å². The molecule has 0 saturated carbocycles. The Morgan fingerprint density at radius 1 is 1.47 bits per heavy atom. The lowest BCUT2D eigenvalue weighted by atomic mass is 10.1. The van der Waals surface area contributed by atoms with Crippen LogP contribution in [-0.4, -0.2) is 32.1 Å². The zero-order valence-corrected chi connectivity index (χ0v) is 9.98. The van der Waals surface area contributed by atoms with E-state index in [1.807, 2.05) is 0 Å². The van der Waals surface area contributed by atoms with Gasteiger partial charge in [-0.25, -0.2) is 4.79 Å². The first-order valence-corrected chi connectivity index (χ1v) is 5.31. The Kier molecular flexibility index (Phi) is 2.75. The maximum Gasteiger partial charge on any atom is 0.337 e. The van der Waals surface area contributed by atoms with Crippen LogP contribution in [0.5, 0.6) is 0 Å². The number of nitrogens with one attached hydrogen (secondary N) is 1. The van der Waals surface area contributed by atoms with Gasteiger partial charge >= 0.3 is 5.97 Å². The molecule has 17 heavy (non-hydrogen) atoms. The van der Waals surface area contributed by atoms with Crippen LogP contribution >= 0.6 is 0 Å². The van der Waals surface area contributed by atoms with Crippen LogP contribution in [0, 0.1) is 0 Å². The molecule has 5 heteroatoms. The van der Waals surface area contributed by atoms with E-state index in [1.165, 1.54) is 7.11 Å². The molecule has 1 N–H and O–H groups in total. The number of nitrogens with zero attached hydrogens (tertiary/aromatic N) is 1. The molecule has 1 aromatic carbocycles. The molecule has 0 spiro atoms. The summed E-state index contributed by atoms with van der Waals surface area (Å²) in [6.45, 7) is 1.78. The third-order valence-electron chi connectivity index (χ3n) is 2.85. The number of carbonyl (C=O) groups is 2. The largest absolute Gasteiger partial charge is 0.465 e. The van der Waals surface area contributed by atoms with Crippen LogP contribution in [-0.2, 0) is 9.53 Å². The van der Waals surface area contributed by atoms with Crippen molar-refractivity contribution in [2.45, 2.75) is 13.0 Å². The highest BCUT2D eigenvalue weighted by Gasteiger charge is 2.27. The first kappa shape index (κ1) is 11.4. The van der Waals surface area contributed by atoms with Gasteiger partial charge in [0, 0.05) is 7.05 Å². The third kappa shape index (κ3) is 1.84. The number of hydrogen-bond donors (Lipinski definition) is 1. The predicted octanol–water partition coefficient (Wildman–Crippen LogP) is 1.25. The smallest absolute Gasteiger partial charge is 0.337 e. The lowest BCUT2D eigenvalue weighted by Crippen LogP contribution is -2.43. The number of methoxy groups -OCH3 is 1. The van der Waals surface area contributed by atoms with Crippen LogP contribution in [0.1, 0.15) is 17.3 Å². The van der Waals surface area contributed by atoms with Gasteiger partial charge in [0.05, 0.1) is 24.0 Å². The summed E-state index contributed by atoms with van der Waals surface area (Å²) in [5.41, 5.74) is 2.00. The van der Waals surface area contributed by atoms with Crippen molar-refractivity contribution >= 4 is 23.3 Å². The molecule has 0 aromatic heterocycles. The highest BCUT2D eigenvalue weighted by molar-refractivity contribution is 6.05. The molecule has 1 atom stereocenters. The summed E-state index contributed by atoms with van der Waals surface area (Å²) in [5, 5.41) is 3.06. The molecule has 2 rings (SSSR count). The van der Waals surface area contributed by atoms with Crippen LogP contribution in [0.4, 0.5) is 11.4 Å². The lowest BCUT2D eigenvalue weighted by molar-refractivity contribution is -0.118. The molecule has 0 saturated heterocycles. The summed E-state index contributed by atoms with van der Waals surface area (Å²) in [6.07, 6.45) is 0. The number of ether oxygens (including phenoxy) is 1. The predicted molar refractivity (Wildman–Crippen MR) is 64.3 cm³/mol. The molecular formula is C12H14N2O3. The second kappa shape index (κ2) is 4.08. The summed E-state index contributed by atoms with van der Waals surface area (Å²) in [7, 11) is 3.06. The Morgan fingerprint density at radius 2 is 2.18 bits per heavy atom. The fourth-order valence-corrected chi connectivity index (χ4v) is 1.89. The minimum Gasteiger partial charge on any atom is -0.465 e. The van der Waals surface area contributed by atoms with Crippen LogP contribution < -0.4 is 10.2 Å². The van der Waals surface area contributed by atoms with Crippen molar-refractivity contribution in [1.82, 2.24) is 0 Å². The zero-order valence-electron chi connectivity index (χ0n) is 9.98. The van der Waals surface area contributed by atoms with Crippen LogP contribution in [0.2, 0.25) is 0 Å². The average molecular weight is 234 g/mol. The number of anilines is 2. The fraction of sp³-hybridized carbons (Fsp3) is 0.333. The van der Waals surface area contributed by atoms with E-state index < -0.39 is 0 Å². The Labute approximate surface area is 99.4 Å². The normalized spacial score (nSPS) is 18.4. The van der Waals surface area contributed by atoms with E-state index in [0.717, 1.165) is 11.4 Å². The fourth-order valence-electron chi connectivity index (χ4n) is 1.89. The molecule has 5 nitrogen and oxygen atoms in total. The van der Waals surface area contributed by atoms with Gasteiger partial charge in [0.2, 0.25) is 5.91 Å². The zero-order chi connectivity index (χ0) is 12.6. The average Bonchev–Trinajstić information content (AvgIpc) is 2.34. The van der Waals surface area contributed by atoms with Gasteiger partial charge in [0.25, 0.3) is 0 Å². The van der Waals surface area contributed by atoms with E-state index in [9.17, 15) is 9.59 Å². The SMILES string of the molecule is COC(=O)c1ccc2c(c1)N[C@H](C)C(=O)N2C. The Bertz CT molecular complexity index is 485. The Balaban J connectivity index is 2.44. The van der Waals surface area contributed by atoms with Gasteiger partial charge in [-0.2, -0.15) is 0 Å². The van der Waals surface area contributed by atoms with E-state index in [0.29, 0.717) is 5.56 Å². The summed E-state index contributed by atoms with van der Waals surface area (Å²) in [5.74, 6) is -0.384. The van der Waals surface area contributed by atoms with Crippen molar-refractivity contribution in [2.75, 3.05) is 24.4 Å². The van der Waals surface area contributed by atoms with Gasteiger partial charge < -0.3 is 15.0 Å². The quantitative estimate of drug-likeness (QED) is 0.743. The lowest BCUT2D eigenvalue weighted by Gasteiger charge is -2.31. The van der Waals surface area contributed by atoms with Crippen LogP contribution in [0.25, 0.3) is 0 Å². The van der Waals surface area contributed by atoms with Gasteiger partial charge in [0.1, 0.15) is 6.04 Å². The summed E-state index contributed by atoms with van der Waals surface area (Å²) >= 11 is 0. The third-order valence-corrected chi connectivity index (χ3v) is 2.85. The van der Waals surface area contributed by atoms with Gasteiger partial charge in [-0.05, 0) is 25.1 Å². The van der Waals surface area contributed by atoms with Crippen LogP contribution in [0.3, 0.4) is 0 Å². The molecule has 0 unspecified atom stereocenters. The second-order valence-corrected chi connectivity index (χ2v) is 3.99. The standard InChI is InChI=1S/C12H14N2O3/c1-7-11(15)14(2)10-5-4-8(12(16)17-3)6-9(10)13-7/h4-7,13H,1-3H3/t7-/m1/s1. The number of hydrogen-bond acceptors (Lipinski definition) is 4. The van der Waals surface area contributed by atoms with Crippen molar-refractivity contribution < 1.29 is 14.3 Å². The van der Waals surface area contributed by atoms with Crippen molar-refractivity contribution in [1.29, 1.82) is 0 Å². The van der Waals surface area contributed by atoms with E-state index in [1.54, 1.807) is 37.1 Å². The van der Waals surface area contributed by atoms with Crippen molar-refractivity contribution in [3.05, 3.63) is 23.8 Å². The molecule has 0 bridgehead atoms. The van der Waals surface area contributed by atoms with E-state index in [2.05, 4.69) is 10.1 Å². The molecule has 1 heterocycles. The molecule has 1 aliphatic heterocycles. The number of likely N-dealkylation sites (N-methyl/N-ethyl adjacent to an activating group) is 1. The molecule has 90 valence electrons. The molecule has 0 fully saturated rings. The molecule has 1 amide bonds. The van der Waals surface area contributed by atoms with Crippen molar-refractivity contribution in [2.24, 2.45) is 0 Å². The number of benzene rings is 1. The number of fused-ring (bicyclic) bond motifs is 1. The van der Waals surface area contributed by atoms with E-state index in [-0.39, 0.29) is 17.9 Å². The molecule has 0 radical (unpaired) electrons. The van der Waals surface area contributed by atoms with E-state index in [4.69, 9.17) is 0 Å². The van der Waals surface area contributed by atoms with Crippen molar-refractivity contribution in [3.63, 3.8) is 0 Å². The Hall–Kier alpha value is -2.04. The van der Waals surface area contributed by atoms with Gasteiger partial charge in [-0.3, -0.25) is 4.79 Å². The maximum atomic E-state index is 11.7. The van der Waals surface area contributed by atoms with Gasteiger partial charge in [-0.1, -0.05) is 0 Å². The molecule has 0 aliphatic carbocycles. The van der Waals surface area contributed by atoms with Gasteiger partial charge in [0.15, 0.2) is 0 Å². The molecular weight excluding hydrogens is 220 g/mol. The highest BCUT2D eigenvalue weighted by atomic mass is 16.5. The number of amides is 1. The van der Waals surface area contributed by atoms with Crippen molar-refractivity contribution in [3.8, 4) is 0 Å². The maximum absolute atomic E-state index is 11.7. The monoisotopic (exact) mass is 234 g/mol. The first-order valence-electron chi connectivity index (χ1n) is 5.31. The minimum absolute atomic E-state index is 0.00307. The molecule has 1 aliphatic rings. The summed E-state index contributed by atoms with van der Waals surface area (Å²) in [6, 6.07) is 4.78. The van der Waals surface area contributed by atoms with E-state index >= 15 is 0 Å². The summed E-state index contributed by atoms with van der Waals surface area (Å²) < 4.78 is 4.65. The number of rotatable bonds is 1.